The minimum Gasteiger partial charge on any atom is -0.494 e. The van der Waals surface area contributed by atoms with E-state index in [1.165, 1.54) is 11.3 Å². The Morgan fingerprint density at radius 3 is 2.76 bits per heavy atom. The SMILES string of the molecule is CCOc1ccc2nc(C)cc(Nc3nnc(C)s3)c2c1. The van der Waals surface area contributed by atoms with Gasteiger partial charge in [0.2, 0.25) is 5.13 Å². The van der Waals surface area contributed by atoms with E-state index in [-0.39, 0.29) is 0 Å². The van der Waals surface area contributed by atoms with Gasteiger partial charge in [-0.25, -0.2) is 0 Å². The molecule has 0 spiro atoms. The maximum atomic E-state index is 5.57. The number of aryl methyl sites for hydroxylation is 2. The van der Waals surface area contributed by atoms with Gasteiger partial charge < -0.3 is 10.1 Å². The molecule has 0 amide bonds. The smallest absolute Gasteiger partial charge is 0.210 e. The number of nitrogens with one attached hydrogen (secondary N) is 1. The molecule has 2 aromatic heterocycles. The van der Waals surface area contributed by atoms with Crippen LogP contribution < -0.4 is 10.1 Å². The molecule has 6 heteroatoms. The molecule has 0 unspecified atom stereocenters. The summed E-state index contributed by atoms with van der Waals surface area (Å²) in [4.78, 5) is 4.56. The Kier molecular flexibility index (Phi) is 3.70. The number of pyridine rings is 1. The molecule has 3 aromatic rings. The van der Waals surface area contributed by atoms with Crippen molar-refractivity contribution in [1.82, 2.24) is 15.2 Å². The number of ether oxygens (including phenoxy) is 1. The van der Waals surface area contributed by atoms with E-state index in [0.29, 0.717) is 6.61 Å². The molecule has 3 rings (SSSR count). The molecule has 0 bridgehead atoms. The molecule has 0 fully saturated rings. The Hall–Kier alpha value is -2.21. The number of hydrogen-bond acceptors (Lipinski definition) is 6. The van der Waals surface area contributed by atoms with Gasteiger partial charge in [0.1, 0.15) is 10.8 Å². The Morgan fingerprint density at radius 1 is 1.19 bits per heavy atom. The molecule has 5 nitrogen and oxygen atoms in total. The summed E-state index contributed by atoms with van der Waals surface area (Å²) in [5.74, 6) is 0.840. The highest BCUT2D eigenvalue weighted by molar-refractivity contribution is 7.15. The molecule has 0 aliphatic rings. The number of fused-ring (bicyclic) bond motifs is 1. The second-order valence-corrected chi connectivity index (χ2v) is 5.86. The number of hydrogen-bond donors (Lipinski definition) is 1. The van der Waals surface area contributed by atoms with Crippen LogP contribution in [0.5, 0.6) is 5.75 Å². The molecule has 0 radical (unpaired) electrons. The highest BCUT2D eigenvalue weighted by Crippen LogP contribution is 2.30. The van der Waals surface area contributed by atoms with Crippen molar-refractivity contribution in [2.24, 2.45) is 0 Å². The summed E-state index contributed by atoms with van der Waals surface area (Å²) in [5.41, 5.74) is 2.85. The van der Waals surface area contributed by atoms with Crippen molar-refractivity contribution in [3.63, 3.8) is 0 Å². The lowest BCUT2D eigenvalue weighted by Crippen LogP contribution is -1.96. The lowest BCUT2D eigenvalue weighted by atomic mass is 10.1. The van der Waals surface area contributed by atoms with Gasteiger partial charge in [-0.05, 0) is 45.0 Å². The van der Waals surface area contributed by atoms with E-state index in [2.05, 4.69) is 20.5 Å². The van der Waals surface area contributed by atoms with E-state index in [1.807, 2.05) is 45.0 Å². The van der Waals surface area contributed by atoms with Gasteiger partial charge in [0.15, 0.2) is 0 Å². The molecular weight excluding hydrogens is 284 g/mol. The first-order chi connectivity index (χ1) is 10.2. The fourth-order valence-electron chi connectivity index (χ4n) is 2.16. The van der Waals surface area contributed by atoms with E-state index in [9.17, 15) is 0 Å². The zero-order valence-electron chi connectivity index (χ0n) is 12.2. The van der Waals surface area contributed by atoms with Crippen LogP contribution in [0.1, 0.15) is 17.6 Å². The molecular formula is C15H16N4OS. The lowest BCUT2D eigenvalue weighted by molar-refractivity contribution is 0.340. The van der Waals surface area contributed by atoms with Crippen molar-refractivity contribution >= 4 is 33.1 Å². The van der Waals surface area contributed by atoms with Crippen LogP contribution in [0.4, 0.5) is 10.8 Å². The summed E-state index contributed by atoms with van der Waals surface area (Å²) in [6, 6.07) is 7.93. The van der Waals surface area contributed by atoms with Crippen LogP contribution in [-0.4, -0.2) is 21.8 Å². The summed E-state index contributed by atoms with van der Waals surface area (Å²) in [6.07, 6.45) is 0. The second-order valence-electron chi connectivity index (χ2n) is 4.67. The van der Waals surface area contributed by atoms with Crippen molar-refractivity contribution in [3.05, 3.63) is 35.0 Å². The first kappa shape index (κ1) is 13.8. The molecule has 108 valence electrons. The van der Waals surface area contributed by atoms with Crippen molar-refractivity contribution < 1.29 is 4.74 Å². The third kappa shape index (κ3) is 2.95. The van der Waals surface area contributed by atoms with Gasteiger partial charge in [0, 0.05) is 11.1 Å². The quantitative estimate of drug-likeness (QED) is 0.793. The molecule has 21 heavy (non-hydrogen) atoms. The summed E-state index contributed by atoms with van der Waals surface area (Å²) in [7, 11) is 0. The van der Waals surface area contributed by atoms with Gasteiger partial charge in [-0.15, -0.1) is 10.2 Å². The predicted molar refractivity (Wildman–Crippen MR) is 85.6 cm³/mol. The van der Waals surface area contributed by atoms with Crippen LogP contribution in [0, 0.1) is 13.8 Å². The first-order valence-electron chi connectivity index (χ1n) is 6.77. The summed E-state index contributed by atoms with van der Waals surface area (Å²) >= 11 is 1.53. The van der Waals surface area contributed by atoms with Gasteiger partial charge in [0.25, 0.3) is 0 Å². The largest absolute Gasteiger partial charge is 0.494 e. The van der Waals surface area contributed by atoms with E-state index in [0.717, 1.165) is 38.2 Å². The number of anilines is 2. The number of aromatic nitrogens is 3. The number of benzene rings is 1. The molecule has 0 aliphatic heterocycles. The molecule has 1 aromatic carbocycles. The normalized spacial score (nSPS) is 10.8. The average Bonchev–Trinajstić information content (AvgIpc) is 2.85. The fourth-order valence-corrected chi connectivity index (χ4v) is 2.76. The number of rotatable bonds is 4. The van der Waals surface area contributed by atoms with Crippen LogP contribution in [0.2, 0.25) is 0 Å². The summed E-state index contributed by atoms with van der Waals surface area (Å²) in [6.45, 7) is 6.53. The third-order valence-corrected chi connectivity index (χ3v) is 3.74. The molecule has 0 aliphatic carbocycles. The Bertz CT molecular complexity index is 784. The average molecular weight is 300 g/mol. The van der Waals surface area contributed by atoms with E-state index >= 15 is 0 Å². The monoisotopic (exact) mass is 300 g/mol. The maximum absolute atomic E-state index is 5.57. The van der Waals surface area contributed by atoms with Crippen LogP contribution >= 0.6 is 11.3 Å². The highest BCUT2D eigenvalue weighted by atomic mass is 32.1. The fraction of sp³-hybridized carbons (Fsp3) is 0.267. The Balaban J connectivity index is 2.08. The Labute approximate surface area is 127 Å². The molecule has 0 saturated carbocycles. The number of nitrogens with zero attached hydrogens (tertiary/aromatic N) is 3. The van der Waals surface area contributed by atoms with Crippen molar-refractivity contribution in [2.45, 2.75) is 20.8 Å². The van der Waals surface area contributed by atoms with Gasteiger partial charge in [-0.3, -0.25) is 4.98 Å². The van der Waals surface area contributed by atoms with Crippen molar-refractivity contribution in [2.75, 3.05) is 11.9 Å². The minimum absolute atomic E-state index is 0.642. The zero-order chi connectivity index (χ0) is 14.8. The standard InChI is InChI=1S/C15H16N4OS/c1-4-20-11-5-6-13-12(8-11)14(7-9(2)16-13)17-15-19-18-10(3)21-15/h5-8H,4H2,1-3H3,(H,16,17,19). The zero-order valence-corrected chi connectivity index (χ0v) is 13.0. The van der Waals surface area contributed by atoms with Gasteiger partial charge >= 0.3 is 0 Å². The third-order valence-electron chi connectivity index (χ3n) is 2.99. The van der Waals surface area contributed by atoms with Gasteiger partial charge in [0.05, 0.1) is 17.8 Å². The topological polar surface area (TPSA) is 59.9 Å². The summed E-state index contributed by atoms with van der Waals surface area (Å²) < 4.78 is 5.57. The van der Waals surface area contributed by atoms with E-state index in [1.54, 1.807) is 0 Å². The maximum Gasteiger partial charge on any atom is 0.210 e. The summed E-state index contributed by atoms with van der Waals surface area (Å²) in [5, 5.41) is 14.2. The molecule has 1 N–H and O–H groups in total. The molecule has 0 saturated heterocycles. The van der Waals surface area contributed by atoms with Crippen molar-refractivity contribution in [3.8, 4) is 5.75 Å². The first-order valence-corrected chi connectivity index (χ1v) is 7.58. The molecule has 2 heterocycles. The Morgan fingerprint density at radius 2 is 2.05 bits per heavy atom. The lowest BCUT2D eigenvalue weighted by Gasteiger charge is -2.10. The minimum atomic E-state index is 0.642. The van der Waals surface area contributed by atoms with Crippen LogP contribution in [0.15, 0.2) is 24.3 Å². The molecule has 0 atom stereocenters. The van der Waals surface area contributed by atoms with Crippen LogP contribution in [0.25, 0.3) is 10.9 Å². The van der Waals surface area contributed by atoms with E-state index < -0.39 is 0 Å². The van der Waals surface area contributed by atoms with E-state index in [4.69, 9.17) is 4.74 Å². The van der Waals surface area contributed by atoms with Crippen LogP contribution in [-0.2, 0) is 0 Å². The van der Waals surface area contributed by atoms with Gasteiger partial charge in [-0.2, -0.15) is 0 Å². The highest BCUT2D eigenvalue weighted by Gasteiger charge is 2.08. The van der Waals surface area contributed by atoms with Crippen LogP contribution in [0.3, 0.4) is 0 Å². The van der Waals surface area contributed by atoms with Crippen molar-refractivity contribution in [1.29, 1.82) is 0 Å². The second kappa shape index (κ2) is 5.65. The predicted octanol–water partition coefficient (Wildman–Crippen LogP) is 3.85. The van der Waals surface area contributed by atoms with Gasteiger partial charge in [-0.1, -0.05) is 11.3 Å².